The Balaban J connectivity index is 1.22. The maximum absolute atomic E-state index is 13.9. The van der Waals surface area contributed by atoms with Crippen molar-refractivity contribution in [1.82, 2.24) is 20.5 Å². The van der Waals surface area contributed by atoms with Crippen LogP contribution >= 0.6 is 11.3 Å². The zero-order valence-electron chi connectivity index (χ0n) is 25.4. The Labute approximate surface area is 256 Å². The first-order chi connectivity index (χ1) is 20.2. The molecule has 2 heterocycles. The number of carbonyl (C=O) groups excluding carboxylic acids is 3. The fourth-order valence-electron chi connectivity index (χ4n) is 6.94. The Hall–Kier alpha value is -3.31. The lowest BCUT2D eigenvalue weighted by Gasteiger charge is -2.56. The van der Waals surface area contributed by atoms with Gasteiger partial charge in [-0.15, -0.1) is 11.3 Å². The molecule has 1 aromatic carbocycles. The van der Waals surface area contributed by atoms with E-state index in [2.05, 4.69) is 15.6 Å². The molecule has 1 spiro atoms. The number of rotatable bonds is 8. The number of nitrogens with zero attached hydrogens (tertiary/aromatic N) is 2. The van der Waals surface area contributed by atoms with Gasteiger partial charge in [-0.25, -0.2) is 4.98 Å². The number of likely N-dealkylation sites (tertiary alicyclic amines) is 1. The van der Waals surface area contributed by atoms with E-state index in [4.69, 9.17) is 0 Å². The van der Waals surface area contributed by atoms with Gasteiger partial charge in [0, 0.05) is 18.9 Å². The number of carboxylic acid groups (broad SMARTS) is 1. The molecule has 1 aromatic heterocycles. The normalized spacial score (nSPS) is 28.0. The molecule has 11 heteroatoms. The minimum atomic E-state index is -0.884. The number of nitrogens with one attached hydrogen (secondary N) is 2. The molecule has 3 aliphatic rings. The third-order valence-electron chi connectivity index (χ3n) is 9.48. The fourth-order valence-corrected chi connectivity index (χ4v) is 7.75. The van der Waals surface area contributed by atoms with Crippen LogP contribution in [-0.4, -0.2) is 68.5 Å². The van der Waals surface area contributed by atoms with Gasteiger partial charge in [-0.05, 0) is 61.5 Å². The molecule has 2 saturated carbocycles. The first-order valence-corrected chi connectivity index (χ1v) is 15.9. The summed E-state index contributed by atoms with van der Waals surface area (Å²) >= 11 is 1.58. The number of thiazole rings is 1. The number of aliphatic hydroxyl groups excluding tert-OH is 1. The number of hydrogen-bond acceptors (Lipinski definition) is 7. The van der Waals surface area contributed by atoms with Crippen molar-refractivity contribution in [3.8, 4) is 10.4 Å². The summed E-state index contributed by atoms with van der Waals surface area (Å²) in [5.41, 5.74) is 4.05. The minimum Gasteiger partial charge on any atom is -0.481 e. The topological polar surface area (TPSA) is 149 Å². The Bertz CT molecular complexity index is 1390. The van der Waals surface area contributed by atoms with E-state index in [1.54, 1.807) is 11.3 Å². The summed E-state index contributed by atoms with van der Waals surface area (Å²) < 4.78 is 0. The molecule has 1 aliphatic heterocycles. The summed E-state index contributed by atoms with van der Waals surface area (Å²) in [5, 5.41) is 25.7. The number of aromatic nitrogens is 1. The van der Waals surface area contributed by atoms with Gasteiger partial charge in [0.1, 0.15) is 12.1 Å². The Morgan fingerprint density at radius 2 is 1.65 bits per heavy atom. The number of aliphatic hydroxyl groups is 1. The molecule has 2 aliphatic carbocycles. The molecular weight excluding hydrogens is 568 g/mol. The maximum Gasteiger partial charge on any atom is 0.306 e. The molecule has 10 nitrogen and oxygen atoms in total. The average molecular weight is 611 g/mol. The Morgan fingerprint density at radius 1 is 1.02 bits per heavy atom. The molecule has 3 amide bonds. The van der Waals surface area contributed by atoms with Crippen molar-refractivity contribution >= 4 is 35.0 Å². The molecule has 2 aromatic rings. The van der Waals surface area contributed by atoms with Gasteiger partial charge in [-0.2, -0.15) is 0 Å². The molecule has 232 valence electrons. The van der Waals surface area contributed by atoms with Crippen LogP contribution in [0.25, 0.3) is 10.4 Å². The van der Waals surface area contributed by atoms with Crippen molar-refractivity contribution < 1.29 is 29.4 Å². The van der Waals surface area contributed by atoms with Gasteiger partial charge < -0.3 is 25.7 Å². The van der Waals surface area contributed by atoms with Crippen LogP contribution in [0.4, 0.5) is 0 Å². The number of β-amino-alcohol motifs (C(OH)–C–C–N with tert-alkyl or cyclic N) is 1. The average Bonchev–Trinajstić information content (AvgIpc) is 3.49. The molecule has 4 atom stereocenters. The van der Waals surface area contributed by atoms with E-state index >= 15 is 0 Å². The predicted molar refractivity (Wildman–Crippen MR) is 162 cm³/mol. The third-order valence-corrected chi connectivity index (χ3v) is 10.5. The maximum atomic E-state index is 13.9. The van der Waals surface area contributed by atoms with E-state index in [9.17, 15) is 29.4 Å². The van der Waals surface area contributed by atoms with Crippen LogP contribution in [-0.2, 0) is 19.2 Å². The molecule has 43 heavy (non-hydrogen) atoms. The second-order valence-electron chi connectivity index (χ2n) is 13.9. The van der Waals surface area contributed by atoms with E-state index in [1.165, 1.54) is 4.90 Å². The summed E-state index contributed by atoms with van der Waals surface area (Å²) in [7, 11) is 0. The van der Waals surface area contributed by atoms with E-state index in [0.717, 1.165) is 21.7 Å². The third kappa shape index (κ3) is 6.33. The van der Waals surface area contributed by atoms with E-state index in [1.807, 2.05) is 64.4 Å². The number of amides is 3. The quantitative estimate of drug-likeness (QED) is 0.356. The number of carbonyl (C=O) groups is 4. The first-order valence-electron chi connectivity index (χ1n) is 15.0. The number of hydrogen-bond donors (Lipinski definition) is 4. The monoisotopic (exact) mass is 610 g/mol. The van der Waals surface area contributed by atoms with Crippen LogP contribution in [0.3, 0.4) is 0 Å². The lowest BCUT2D eigenvalue weighted by atomic mass is 9.48. The summed E-state index contributed by atoms with van der Waals surface area (Å²) in [5.74, 6) is -2.33. The van der Waals surface area contributed by atoms with Gasteiger partial charge in [-0.3, -0.25) is 19.2 Å². The van der Waals surface area contributed by atoms with Gasteiger partial charge in [0.2, 0.25) is 17.7 Å². The highest BCUT2D eigenvalue weighted by molar-refractivity contribution is 7.13. The highest BCUT2D eigenvalue weighted by Crippen LogP contribution is 2.61. The summed E-state index contributed by atoms with van der Waals surface area (Å²) in [6.07, 6.45) is 1.73. The van der Waals surface area contributed by atoms with Crippen molar-refractivity contribution in [2.45, 2.75) is 91.0 Å². The Morgan fingerprint density at radius 3 is 2.21 bits per heavy atom. The lowest BCUT2D eigenvalue weighted by molar-refractivity contribution is -0.162. The van der Waals surface area contributed by atoms with Gasteiger partial charge in [-0.1, -0.05) is 45.0 Å². The van der Waals surface area contributed by atoms with Crippen molar-refractivity contribution in [1.29, 1.82) is 0 Å². The first kappa shape index (κ1) is 31.1. The molecule has 3 fully saturated rings. The molecule has 0 radical (unpaired) electrons. The van der Waals surface area contributed by atoms with E-state index < -0.39 is 35.5 Å². The van der Waals surface area contributed by atoms with Gasteiger partial charge in [0.25, 0.3) is 0 Å². The van der Waals surface area contributed by atoms with Gasteiger partial charge >= 0.3 is 5.97 Å². The van der Waals surface area contributed by atoms with Crippen LogP contribution in [0, 0.1) is 29.6 Å². The highest BCUT2D eigenvalue weighted by atomic mass is 32.1. The zero-order valence-corrected chi connectivity index (χ0v) is 26.2. The van der Waals surface area contributed by atoms with Crippen molar-refractivity contribution in [3.05, 3.63) is 41.0 Å². The van der Waals surface area contributed by atoms with Crippen LogP contribution < -0.4 is 10.6 Å². The van der Waals surface area contributed by atoms with Crippen LogP contribution in [0.5, 0.6) is 0 Å². The number of carboxylic acids is 1. The van der Waals surface area contributed by atoms with Crippen molar-refractivity contribution in [2.75, 3.05) is 6.54 Å². The van der Waals surface area contributed by atoms with Gasteiger partial charge in [0.05, 0.1) is 34.1 Å². The summed E-state index contributed by atoms with van der Waals surface area (Å²) in [6, 6.07) is 5.87. The largest absolute Gasteiger partial charge is 0.481 e. The van der Waals surface area contributed by atoms with Crippen LogP contribution in [0.15, 0.2) is 29.8 Å². The fraction of sp³-hybridized carbons (Fsp3) is 0.594. The second-order valence-corrected chi connectivity index (χ2v) is 14.7. The second kappa shape index (κ2) is 11.6. The van der Waals surface area contributed by atoms with Gasteiger partial charge in [0.15, 0.2) is 0 Å². The minimum absolute atomic E-state index is 0.0137. The molecule has 5 rings (SSSR count). The standard InChI is InChI=1S/C32H42N4O6S/c1-17(19-6-8-20(9-7-19)25-18(2)33-16-43-25)34-28(39)24-10-23(37)15-36(24)29(40)26(31(3,4)5)35-27(38)21-11-32(12-21)13-22(14-32)30(41)42/h6-9,16-17,21-24,26,37H,10-15H2,1-5H3,(H,34,39)(H,35,38)(H,41,42)/t17-,21?,22?,23+,24-,26+,32?/m0/s1. The number of aryl methyl sites for hydroxylation is 1. The summed E-state index contributed by atoms with van der Waals surface area (Å²) in [6.45, 7) is 9.46. The zero-order chi connectivity index (χ0) is 31.3. The molecule has 0 unspecified atom stereocenters. The smallest absolute Gasteiger partial charge is 0.306 e. The number of aliphatic carboxylic acids is 1. The van der Waals surface area contributed by atoms with E-state index in [-0.39, 0.29) is 48.1 Å². The Kier molecular flexibility index (Phi) is 8.43. The SMILES string of the molecule is Cc1ncsc1-c1ccc([C@H](C)NC(=O)[C@@H]2C[C@@H](O)CN2C(=O)[C@@H](NC(=O)C2CC3(CC(C(=O)O)C3)C2)C(C)(C)C)cc1. The molecule has 0 bridgehead atoms. The highest BCUT2D eigenvalue weighted by Gasteiger charge is 2.57. The predicted octanol–water partition coefficient (Wildman–Crippen LogP) is 3.68. The lowest BCUT2D eigenvalue weighted by Crippen LogP contribution is -2.60. The van der Waals surface area contributed by atoms with Crippen molar-refractivity contribution in [3.63, 3.8) is 0 Å². The van der Waals surface area contributed by atoms with Crippen LogP contribution in [0.1, 0.15) is 77.1 Å². The molecule has 1 saturated heterocycles. The van der Waals surface area contributed by atoms with Crippen molar-refractivity contribution in [2.24, 2.45) is 22.7 Å². The summed E-state index contributed by atoms with van der Waals surface area (Å²) in [4.78, 5) is 58.6. The number of benzene rings is 1. The van der Waals surface area contributed by atoms with E-state index in [0.29, 0.717) is 25.7 Å². The molecule has 4 N–H and O–H groups in total. The van der Waals surface area contributed by atoms with Crippen LogP contribution in [0.2, 0.25) is 0 Å². The molecular formula is C32H42N4O6S.